The van der Waals surface area contributed by atoms with Gasteiger partial charge in [-0.15, -0.1) is 0 Å². The molecule has 1 aromatic rings. The molecule has 0 bridgehead atoms. The lowest BCUT2D eigenvalue weighted by atomic mass is 10.1. The number of rotatable bonds is 4. The molecule has 0 fully saturated rings. The van der Waals surface area contributed by atoms with Gasteiger partial charge in [-0.1, -0.05) is 30.1 Å². The average Bonchev–Trinajstić information content (AvgIpc) is 2.32. The zero-order chi connectivity index (χ0) is 16.0. The summed E-state index contributed by atoms with van der Waals surface area (Å²) in [4.78, 5) is 11.5. The summed E-state index contributed by atoms with van der Waals surface area (Å²) >= 11 is 11.6. The SMILES string of the molecule is CCCC(=O)OC(C#CC(F)(F)F)c1cc(Cl)cc(Cl)c1. The molecule has 0 aliphatic rings. The summed E-state index contributed by atoms with van der Waals surface area (Å²) in [6.07, 6.45) is -5.47. The van der Waals surface area contributed by atoms with E-state index in [0.29, 0.717) is 6.42 Å². The standard InChI is InChI=1S/C14H11Cl2F3O2/c1-2-3-13(20)21-12(4-5-14(17,18)19)9-6-10(15)8-11(16)7-9/h6-8,12H,2-3H2,1H3. The van der Waals surface area contributed by atoms with Crippen LogP contribution in [0.3, 0.4) is 0 Å². The van der Waals surface area contributed by atoms with E-state index in [0.717, 1.165) is 5.92 Å². The number of alkyl halides is 3. The minimum atomic E-state index is -4.68. The molecule has 0 aromatic heterocycles. The highest BCUT2D eigenvalue weighted by Gasteiger charge is 2.24. The van der Waals surface area contributed by atoms with Crippen LogP contribution in [-0.2, 0) is 9.53 Å². The molecule has 0 aliphatic carbocycles. The minimum Gasteiger partial charge on any atom is -0.444 e. The van der Waals surface area contributed by atoms with E-state index in [2.05, 4.69) is 0 Å². The molecule has 0 amide bonds. The summed E-state index contributed by atoms with van der Waals surface area (Å²) in [5.74, 6) is 2.33. The van der Waals surface area contributed by atoms with Gasteiger partial charge in [0.1, 0.15) is 0 Å². The second-order valence-electron chi connectivity index (χ2n) is 4.09. The Hall–Kier alpha value is -1.38. The van der Waals surface area contributed by atoms with Crippen LogP contribution in [0.2, 0.25) is 10.0 Å². The molecule has 114 valence electrons. The Labute approximate surface area is 130 Å². The third-order valence-corrected chi connectivity index (χ3v) is 2.67. The first-order valence-electron chi connectivity index (χ1n) is 5.96. The summed E-state index contributed by atoms with van der Waals surface area (Å²) in [6.45, 7) is 1.74. The van der Waals surface area contributed by atoms with Crippen molar-refractivity contribution in [3.05, 3.63) is 33.8 Å². The number of esters is 1. The Kier molecular flexibility index (Phi) is 6.38. The Morgan fingerprint density at radius 2 is 1.86 bits per heavy atom. The molecule has 7 heteroatoms. The van der Waals surface area contributed by atoms with Gasteiger partial charge in [-0.25, -0.2) is 0 Å². The predicted octanol–water partition coefficient (Wildman–Crippen LogP) is 4.94. The maximum Gasteiger partial charge on any atom is 0.457 e. The van der Waals surface area contributed by atoms with Gasteiger partial charge in [0.15, 0.2) is 6.10 Å². The number of ether oxygens (including phenoxy) is 1. The van der Waals surface area contributed by atoms with Crippen LogP contribution < -0.4 is 0 Å². The van der Waals surface area contributed by atoms with E-state index in [9.17, 15) is 18.0 Å². The molecule has 1 rings (SSSR count). The third-order valence-electron chi connectivity index (χ3n) is 2.24. The lowest BCUT2D eigenvalue weighted by Gasteiger charge is -2.13. The minimum absolute atomic E-state index is 0.0818. The lowest BCUT2D eigenvalue weighted by molar-refractivity contribution is -0.146. The average molecular weight is 339 g/mol. The molecule has 1 atom stereocenters. The van der Waals surface area contributed by atoms with Gasteiger partial charge in [-0.05, 0) is 30.5 Å². The van der Waals surface area contributed by atoms with Crippen molar-refractivity contribution in [3.63, 3.8) is 0 Å². The Bertz CT molecular complexity index is 554. The molecule has 0 N–H and O–H groups in total. The van der Waals surface area contributed by atoms with Gasteiger partial charge < -0.3 is 4.74 Å². The van der Waals surface area contributed by atoms with Crippen molar-refractivity contribution in [2.75, 3.05) is 0 Å². The second-order valence-corrected chi connectivity index (χ2v) is 4.96. The van der Waals surface area contributed by atoms with Crippen molar-refractivity contribution in [2.45, 2.75) is 32.0 Å². The van der Waals surface area contributed by atoms with Crippen LogP contribution in [-0.4, -0.2) is 12.1 Å². The smallest absolute Gasteiger partial charge is 0.444 e. The van der Waals surface area contributed by atoms with E-state index in [-0.39, 0.29) is 22.0 Å². The third kappa shape index (κ3) is 6.74. The van der Waals surface area contributed by atoms with Gasteiger partial charge in [-0.3, -0.25) is 4.79 Å². The highest BCUT2D eigenvalue weighted by Crippen LogP contribution is 2.26. The number of hydrogen-bond acceptors (Lipinski definition) is 2. The number of benzene rings is 1. The van der Waals surface area contributed by atoms with Crippen molar-refractivity contribution >= 4 is 29.2 Å². The van der Waals surface area contributed by atoms with Gasteiger partial charge in [0.25, 0.3) is 0 Å². The molecular weight excluding hydrogens is 328 g/mol. The summed E-state index contributed by atoms with van der Waals surface area (Å²) in [5.41, 5.74) is 0.189. The topological polar surface area (TPSA) is 26.3 Å². The van der Waals surface area contributed by atoms with Crippen molar-refractivity contribution in [3.8, 4) is 11.8 Å². The largest absolute Gasteiger partial charge is 0.457 e. The second kappa shape index (κ2) is 7.58. The van der Waals surface area contributed by atoms with E-state index in [1.807, 2.05) is 5.92 Å². The summed E-state index contributed by atoms with van der Waals surface area (Å²) in [7, 11) is 0. The van der Waals surface area contributed by atoms with Crippen LogP contribution in [0.1, 0.15) is 31.4 Å². The van der Waals surface area contributed by atoms with Crippen molar-refractivity contribution < 1.29 is 22.7 Å². The first-order chi connectivity index (χ1) is 9.71. The fourth-order valence-corrected chi connectivity index (χ4v) is 1.99. The fraction of sp³-hybridized carbons (Fsp3) is 0.357. The molecular formula is C14H11Cl2F3O2. The fourth-order valence-electron chi connectivity index (χ4n) is 1.45. The maximum absolute atomic E-state index is 12.2. The Balaban J connectivity index is 3.10. The molecule has 1 aromatic carbocycles. The van der Waals surface area contributed by atoms with Crippen LogP contribution in [0.25, 0.3) is 0 Å². The summed E-state index contributed by atoms with van der Waals surface area (Å²) in [6, 6.07) is 4.11. The van der Waals surface area contributed by atoms with Crippen LogP contribution in [0.5, 0.6) is 0 Å². The monoisotopic (exact) mass is 338 g/mol. The van der Waals surface area contributed by atoms with Gasteiger partial charge in [0.2, 0.25) is 0 Å². The van der Waals surface area contributed by atoms with Crippen LogP contribution in [0.4, 0.5) is 13.2 Å². The van der Waals surface area contributed by atoms with Gasteiger partial charge in [0.05, 0.1) is 0 Å². The van der Waals surface area contributed by atoms with Crippen LogP contribution in [0.15, 0.2) is 18.2 Å². The van der Waals surface area contributed by atoms with E-state index < -0.39 is 18.2 Å². The van der Waals surface area contributed by atoms with Crippen LogP contribution in [0, 0.1) is 11.8 Å². The zero-order valence-corrected chi connectivity index (χ0v) is 12.4. The van der Waals surface area contributed by atoms with Gasteiger partial charge in [-0.2, -0.15) is 13.2 Å². The van der Waals surface area contributed by atoms with E-state index in [1.165, 1.54) is 18.2 Å². The summed E-state index contributed by atoms with van der Waals surface area (Å²) in [5, 5.41) is 0.422. The number of hydrogen-bond donors (Lipinski definition) is 0. The molecule has 0 saturated carbocycles. The zero-order valence-electron chi connectivity index (χ0n) is 10.9. The van der Waals surface area contributed by atoms with Gasteiger partial charge in [0, 0.05) is 27.9 Å². The molecule has 0 spiro atoms. The van der Waals surface area contributed by atoms with Gasteiger partial charge >= 0.3 is 12.1 Å². The number of halogens is 5. The Morgan fingerprint density at radius 3 is 2.33 bits per heavy atom. The molecule has 0 heterocycles. The normalized spacial score (nSPS) is 12.3. The highest BCUT2D eigenvalue weighted by molar-refractivity contribution is 6.34. The highest BCUT2D eigenvalue weighted by atomic mass is 35.5. The van der Waals surface area contributed by atoms with Crippen molar-refractivity contribution in [1.82, 2.24) is 0 Å². The van der Waals surface area contributed by atoms with Crippen molar-refractivity contribution in [2.24, 2.45) is 0 Å². The molecule has 1 unspecified atom stereocenters. The predicted molar refractivity (Wildman–Crippen MR) is 74.0 cm³/mol. The number of carbonyl (C=O) groups is 1. The van der Waals surface area contributed by atoms with Crippen molar-refractivity contribution in [1.29, 1.82) is 0 Å². The van der Waals surface area contributed by atoms with E-state index in [4.69, 9.17) is 27.9 Å². The number of carbonyl (C=O) groups excluding carboxylic acids is 1. The first kappa shape index (κ1) is 17.7. The lowest BCUT2D eigenvalue weighted by Crippen LogP contribution is -2.11. The molecule has 2 nitrogen and oxygen atoms in total. The maximum atomic E-state index is 12.2. The molecule has 0 saturated heterocycles. The van der Waals surface area contributed by atoms with E-state index >= 15 is 0 Å². The molecule has 0 radical (unpaired) electrons. The quantitative estimate of drug-likeness (QED) is 0.573. The molecule has 21 heavy (non-hydrogen) atoms. The van der Waals surface area contributed by atoms with Crippen LogP contribution >= 0.6 is 23.2 Å². The Morgan fingerprint density at radius 1 is 1.29 bits per heavy atom. The summed E-state index contributed by atoms with van der Waals surface area (Å²) < 4.78 is 41.6. The molecule has 0 aliphatic heterocycles. The first-order valence-corrected chi connectivity index (χ1v) is 6.71. The van der Waals surface area contributed by atoms with E-state index in [1.54, 1.807) is 6.92 Å².